The van der Waals surface area contributed by atoms with Crippen molar-refractivity contribution in [3.05, 3.63) is 60.1 Å². The Morgan fingerprint density at radius 2 is 1.76 bits per heavy atom. The van der Waals surface area contributed by atoms with Gasteiger partial charge < -0.3 is 14.6 Å². The highest BCUT2D eigenvalue weighted by Gasteiger charge is 2.40. The first-order chi connectivity index (χ1) is 14.1. The van der Waals surface area contributed by atoms with Crippen LogP contribution in [-0.4, -0.2) is 64.8 Å². The Labute approximate surface area is 169 Å². The highest BCUT2D eigenvalue weighted by molar-refractivity contribution is 6.05. The summed E-state index contributed by atoms with van der Waals surface area (Å²) >= 11 is 0. The van der Waals surface area contributed by atoms with Gasteiger partial charge >= 0.3 is 6.03 Å². The molecule has 2 aromatic rings. The molecule has 8 nitrogen and oxygen atoms in total. The number of urea groups is 1. The largest absolute Gasteiger partial charge is 0.467 e. The van der Waals surface area contributed by atoms with E-state index in [1.165, 1.54) is 11.8 Å². The van der Waals surface area contributed by atoms with E-state index in [-0.39, 0.29) is 24.8 Å². The Hall–Kier alpha value is -3.13. The van der Waals surface area contributed by atoms with Gasteiger partial charge in [0, 0.05) is 32.7 Å². The van der Waals surface area contributed by atoms with Crippen LogP contribution in [0.25, 0.3) is 0 Å². The summed E-state index contributed by atoms with van der Waals surface area (Å²) in [5.41, 5.74) is 1.25. The number of nitrogens with zero attached hydrogens (tertiary/aromatic N) is 3. The maximum Gasteiger partial charge on any atom is 0.325 e. The number of amides is 4. The van der Waals surface area contributed by atoms with Crippen LogP contribution < -0.4 is 5.32 Å². The smallest absolute Gasteiger partial charge is 0.325 e. The molecule has 2 saturated heterocycles. The van der Waals surface area contributed by atoms with Crippen molar-refractivity contribution in [1.29, 1.82) is 0 Å². The number of furan rings is 1. The van der Waals surface area contributed by atoms with Crippen molar-refractivity contribution in [2.75, 3.05) is 26.2 Å². The number of hydrogen-bond donors (Lipinski definition) is 1. The van der Waals surface area contributed by atoms with Crippen LogP contribution in [0.5, 0.6) is 0 Å². The van der Waals surface area contributed by atoms with Crippen molar-refractivity contribution in [2.45, 2.75) is 25.6 Å². The molecule has 0 spiro atoms. The first kappa shape index (κ1) is 19.2. The average molecular weight is 396 g/mol. The Kier molecular flexibility index (Phi) is 5.62. The summed E-state index contributed by atoms with van der Waals surface area (Å²) < 4.78 is 5.20. The zero-order chi connectivity index (χ0) is 20.2. The van der Waals surface area contributed by atoms with E-state index in [4.69, 9.17) is 4.42 Å². The molecule has 2 aliphatic rings. The Morgan fingerprint density at radius 1 is 1.00 bits per heavy atom. The van der Waals surface area contributed by atoms with Crippen LogP contribution in [0, 0.1) is 0 Å². The Bertz CT molecular complexity index is 860. The maximum absolute atomic E-state index is 12.7. The fourth-order valence-electron chi connectivity index (χ4n) is 3.72. The second kappa shape index (κ2) is 8.48. The molecule has 4 rings (SSSR count). The standard InChI is InChI=1S/C21H24N4O4/c26-19(24-10-8-23(9-11-24)14-16-5-2-1-3-6-16)13-18-20(27)25(21(28)22-18)15-17-7-4-12-29-17/h1-7,12,18H,8-11,13-15H2,(H,22,28)/t18-/m1/s1. The second-order valence-corrected chi connectivity index (χ2v) is 7.35. The van der Waals surface area contributed by atoms with E-state index < -0.39 is 12.1 Å². The van der Waals surface area contributed by atoms with Crippen LogP contribution in [0.4, 0.5) is 4.79 Å². The molecule has 1 N–H and O–H groups in total. The average Bonchev–Trinajstić information content (AvgIpc) is 3.33. The quantitative estimate of drug-likeness (QED) is 0.747. The molecule has 0 unspecified atom stereocenters. The Balaban J connectivity index is 1.26. The minimum Gasteiger partial charge on any atom is -0.467 e. The zero-order valence-corrected chi connectivity index (χ0v) is 16.1. The van der Waals surface area contributed by atoms with Gasteiger partial charge in [0.1, 0.15) is 11.8 Å². The molecule has 3 heterocycles. The van der Waals surface area contributed by atoms with Crippen molar-refractivity contribution >= 4 is 17.8 Å². The molecule has 152 valence electrons. The van der Waals surface area contributed by atoms with Crippen molar-refractivity contribution in [1.82, 2.24) is 20.0 Å². The molecule has 1 aromatic carbocycles. The minimum absolute atomic E-state index is 0.0160. The van der Waals surface area contributed by atoms with Crippen molar-refractivity contribution in [3.8, 4) is 0 Å². The van der Waals surface area contributed by atoms with E-state index in [0.717, 1.165) is 24.5 Å². The molecule has 1 atom stereocenters. The lowest BCUT2D eigenvalue weighted by atomic mass is 10.1. The summed E-state index contributed by atoms with van der Waals surface area (Å²) in [6.45, 7) is 3.75. The fraction of sp³-hybridized carbons (Fsp3) is 0.381. The molecule has 0 radical (unpaired) electrons. The maximum atomic E-state index is 12.7. The van der Waals surface area contributed by atoms with Gasteiger partial charge in [0.25, 0.3) is 5.91 Å². The number of piperazine rings is 1. The SMILES string of the molecule is O=C(C[C@H]1NC(=O)N(Cc2ccco2)C1=O)N1CCN(Cc2ccccc2)CC1. The van der Waals surface area contributed by atoms with Crippen LogP contribution >= 0.6 is 0 Å². The van der Waals surface area contributed by atoms with Gasteiger partial charge in [-0.3, -0.25) is 19.4 Å². The third-order valence-corrected chi connectivity index (χ3v) is 5.35. The zero-order valence-electron chi connectivity index (χ0n) is 16.1. The minimum atomic E-state index is -0.813. The topological polar surface area (TPSA) is 86.1 Å². The van der Waals surface area contributed by atoms with Gasteiger partial charge in [-0.2, -0.15) is 0 Å². The van der Waals surface area contributed by atoms with Crippen molar-refractivity contribution < 1.29 is 18.8 Å². The number of benzene rings is 1. The molecule has 2 fully saturated rings. The normalized spacial score (nSPS) is 20.2. The number of nitrogens with one attached hydrogen (secondary N) is 1. The first-order valence-electron chi connectivity index (χ1n) is 9.78. The predicted octanol–water partition coefficient (Wildman–Crippen LogP) is 1.43. The van der Waals surface area contributed by atoms with E-state index in [9.17, 15) is 14.4 Å². The molecule has 29 heavy (non-hydrogen) atoms. The van der Waals surface area contributed by atoms with Crippen LogP contribution in [0.15, 0.2) is 53.1 Å². The molecule has 0 saturated carbocycles. The molecule has 4 amide bonds. The lowest BCUT2D eigenvalue weighted by molar-refractivity contribution is -0.137. The summed E-state index contributed by atoms with van der Waals surface area (Å²) in [6.07, 6.45) is 1.48. The van der Waals surface area contributed by atoms with Crippen LogP contribution in [0.1, 0.15) is 17.7 Å². The number of rotatable bonds is 6. The molecular weight excluding hydrogens is 372 g/mol. The number of carbonyl (C=O) groups excluding carboxylic acids is 3. The van der Waals surface area contributed by atoms with Crippen LogP contribution in [-0.2, 0) is 22.7 Å². The van der Waals surface area contributed by atoms with Crippen LogP contribution in [0.3, 0.4) is 0 Å². The van der Waals surface area contributed by atoms with Gasteiger partial charge in [-0.05, 0) is 17.7 Å². The van der Waals surface area contributed by atoms with E-state index >= 15 is 0 Å². The molecule has 0 aliphatic carbocycles. The molecule has 8 heteroatoms. The highest BCUT2D eigenvalue weighted by Crippen LogP contribution is 2.16. The van der Waals surface area contributed by atoms with E-state index in [0.29, 0.717) is 18.8 Å². The summed E-state index contributed by atoms with van der Waals surface area (Å²) in [5, 5.41) is 2.62. The van der Waals surface area contributed by atoms with E-state index in [2.05, 4.69) is 22.3 Å². The first-order valence-corrected chi connectivity index (χ1v) is 9.78. The lowest BCUT2D eigenvalue weighted by Gasteiger charge is -2.35. The van der Waals surface area contributed by atoms with Crippen molar-refractivity contribution in [2.24, 2.45) is 0 Å². The van der Waals surface area contributed by atoms with Gasteiger partial charge in [-0.1, -0.05) is 30.3 Å². The molecule has 0 bridgehead atoms. The molecule has 1 aromatic heterocycles. The van der Waals surface area contributed by atoms with Crippen molar-refractivity contribution in [3.63, 3.8) is 0 Å². The second-order valence-electron chi connectivity index (χ2n) is 7.35. The van der Waals surface area contributed by atoms with Gasteiger partial charge in [-0.25, -0.2) is 4.79 Å². The van der Waals surface area contributed by atoms with Gasteiger partial charge in [-0.15, -0.1) is 0 Å². The fourth-order valence-corrected chi connectivity index (χ4v) is 3.72. The third-order valence-electron chi connectivity index (χ3n) is 5.35. The summed E-state index contributed by atoms with van der Waals surface area (Å²) in [5.74, 6) is 0.0281. The number of imide groups is 1. The Morgan fingerprint density at radius 3 is 2.45 bits per heavy atom. The summed E-state index contributed by atoms with van der Waals surface area (Å²) in [4.78, 5) is 42.5. The van der Waals surface area contributed by atoms with E-state index in [1.807, 2.05) is 18.2 Å². The van der Waals surface area contributed by atoms with E-state index in [1.54, 1.807) is 17.0 Å². The monoisotopic (exact) mass is 396 g/mol. The van der Waals surface area contributed by atoms with Gasteiger partial charge in [0.15, 0.2) is 0 Å². The molecular formula is C21H24N4O4. The third kappa shape index (κ3) is 4.48. The van der Waals surface area contributed by atoms with Gasteiger partial charge in [0.05, 0.1) is 19.2 Å². The lowest BCUT2D eigenvalue weighted by Crippen LogP contribution is -2.49. The summed E-state index contributed by atoms with van der Waals surface area (Å²) in [6, 6.07) is 12.3. The molecule has 2 aliphatic heterocycles. The van der Waals surface area contributed by atoms with Crippen LogP contribution in [0.2, 0.25) is 0 Å². The summed E-state index contributed by atoms with van der Waals surface area (Å²) in [7, 11) is 0. The highest BCUT2D eigenvalue weighted by atomic mass is 16.3. The number of carbonyl (C=O) groups is 3. The van der Waals surface area contributed by atoms with Gasteiger partial charge in [0.2, 0.25) is 5.91 Å². The predicted molar refractivity (Wildman–Crippen MR) is 104 cm³/mol. The number of hydrogen-bond acceptors (Lipinski definition) is 5.